The average molecular weight is 511 g/mol. The van der Waals surface area contributed by atoms with E-state index in [1.807, 2.05) is 0 Å². The molecule has 3 N–H and O–H groups in total. The summed E-state index contributed by atoms with van der Waals surface area (Å²) < 4.78 is 39.7. The first-order valence-electron chi connectivity index (χ1n) is 10.6. The number of nitrogens with one attached hydrogen (secondary N) is 3. The minimum absolute atomic E-state index is 0.0593. The van der Waals surface area contributed by atoms with E-state index in [4.69, 9.17) is 9.47 Å². The van der Waals surface area contributed by atoms with Crippen molar-refractivity contribution in [1.82, 2.24) is 9.78 Å². The Morgan fingerprint density at radius 3 is 2.25 bits per heavy atom. The summed E-state index contributed by atoms with van der Waals surface area (Å²) in [6.07, 6.45) is 0. The standard InChI is InChI=1S/C24H22N4O7S/c1-34-17-10-7-15(8-11-17)27-36(32,33)21-13-16(9-12-20(21)35-2)25-22(29)14-28-24(31)19-6-4-3-5-18(19)23(30)26-28/h3-13,27H,14H2,1-2H3,(H,25,29)(H,26,30). The van der Waals surface area contributed by atoms with Crippen LogP contribution in [0.1, 0.15) is 0 Å². The number of sulfonamides is 1. The van der Waals surface area contributed by atoms with Crippen LogP contribution >= 0.6 is 0 Å². The lowest BCUT2D eigenvalue weighted by atomic mass is 10.2. The summed E-state index contributed by atoms with van der Waals surface area (Å²) in [7, 11) is -1.28. The Labute approximate surface area is 205 Å². The summed E-state index contributed by atoms with van der Waals surface area (Å²) in [5.41, 5.74) is -0.610. The van der Waals surface area contributed by atoms with Crippen LogP contribution in [0.4, 0.5) is 11.4 Å². The molecule has 0 fully saturated rings. The van der Waals surface area contributed by atoms with E-state index in [0.717, 1.165) is 4.68 Å². The second-order valence-corrected chi connectivity index (χ2v) is 9.28. The van der Waals surface area contributed by atoms with Crippen molar-refractivity contribution >= 4 is 38.1 Å². The molecule has 0 radical (unpaired) electrons. The van der Waals surface area contributed by atoms with Crippen LogP contribution in [-0.2, 0) is 21.4 Å². The third-order valence-electron chi connectivity index (χ3n) is 5.26. The number of hydrogen-bond donors (Lipinski definition) is 3. The maximum absolute atomic E-state index is 13.1. The molecule has 36 heavy (non-hydrogen) atoms. The Balaban J connectivity index is 1.58. The van der Waals surface area contributed by atoms with Crippen LogP contribution in [0, 0.1) is 0 Å². The number of anilines is 2. The van der Waals surface area contributed by atoms with Crippen LogP contribution in [-0.4, -0.2) is 38.3 Å². The van der Waals surface area contributed by atoms with Crippen molar-refractivity contribution in [3.8, 4) is 11.5 Å². The maximum atomic E-state index is 13.1. The molecule has 0 saturated heterocycles. The number of amides is 1. The van der Waals surface area contributed by atoms with Gasteiger partial charge in [-0.2, -0.15) is 0 Å². The Morgan fingerprint density at radius 1 is 0.917 bits per heavy atom. The molecule has 1 amide bonds. The van der Waals surface area contributed by atoms with Crippen molar-refractivity contribution in [3.05, 3.63) is 87.4 Å². The fraction of sp³-hybridized carbons (Fsp3) is 0.125. The minimum atomic E-state index is -4.10. The molecule has 0 atom stereocenters. The Bertz CT molecular complexity index is 1660. The fourth-order valence-corrected chi connectivity index (χ4v) is 4.79. The summed E-state index contributed by atoms with van der Waals surface area (Å²) in [5, 5.41) is 5.31. The lowest BCUT2D eigenvalue weighted by molar-refractivity contribution is -0.117. The van der Waals surface area contributed by atoms with E-state index in [1.54, 1.807) is 24.3 Å². The zero-order valence-corrected chi connectivity index (χ0v) is 20.1. The Kier molecular flexibility index (Phi) is 6.79. The van der Waals surface area contributed by atoms with Gasteiger partial charge in [0.05, 0.1) is 25.0 Å². The smallest absolute Gasteiger partial charge is 0.273 e. The monoisotopic (exact) mass is 510 g/mol. The molecule has 11 nitrogen and oxygen atoms in total. The number of aromatic amines is 1. The Morgan fingerprint density at radius 2 is 1.58 bits per heavy atom. The third-order valence-corrected chi connectivity index (χ3v) is 6.67. The van der Waals surface area contributed by atoms with E-state index in [9.17, 15) is 22.8 Å². The van der Waals surface area contributed by atoms with Crippen molar-refractivity contribution in [2.75, 3.05) is 24.3 Å². The number of benzene rings is 3. The highest BCUT2D eigenvalue weighted by Gasteiger charge is 2.21. The molecular weight excluding hydrogens is 488 g/mol. The first-order chi connectivity index (χ1) is 17.2. The van der Waals surface area contributed by atoms with Gasteiger partial charge in [0.25, 0.3) is 21.1 Å². The number of aromatic nitrogens is 2. The molecule has 0 aliphatic carbocycles. The number of carbonyl (C=O) groups excluding carboxylic acids is 1. The minimum Gasteiger partial charge on any atom is -0.497 e. The van der Waals surface area contributed by atoms with Gasteiger partial charge in [-0.25, -0.2) is 13.1 Å². The summed E-state index contributed by atoms with van der Waals surface area (Å²) >= 11 is 0. The zero-order chi connectivity index (χ0) is 25.9. The molecule has 0 unspecified atom stereocenters. The highest BCUT2D eigenvalue weighted by Crippen LogP contribution is 2.29. The van der Waals surface area contributed by atoms with Crippen molar-refractivity contribution in [2.45, 2.75) is 11.4 Å². The molecule has 4 aromatic rings. The number of hydrogen-bond acceptors (Lipinski definition) is 7. The van der Waals surface area contributed by atoms with Crippen molar-refractivity contribution in [3.63, 3.8) is 0 Å². The predicted octanol–water partition coefficient (Wildman–Crippen LogP) is 2.15. The number of carbonyl (C=O) groups is 1. The van der Waals surface area contributed by atoms with Crippen LogP contribution in [0.25, 0.3) is 10.8 Å². The zero-order valence-electron chi connectivity index (χ0n) is 19.3. The van der Waals surface area contributed by atoms with Crippen LogP contribution in [0.15, 0.2) is 81.2 Å². The predicted molar refractivity (Wildman–Crippen MR) is 134 cm³/mol. The molecule has 1 heterocycles. The topological polar surface area (TPSA) is 149 Å². The molecule has 1 aromatic heterocycles. The van der Waals surface area contributed by atoms with E-state index in [1.165, 1.54) is 56.7 Å². The quantitative estimate of drug-likeness (QED) is 0.329. The highest BCUT2D eigenvalue weighted by atomic mass is 32.2. The van der Waals surface area contributed by atoms with E-state index in [-0.39, 0.29) is 27.1 Å². The Hall–Kier alpha value is -4.58. The van der Waals surface area contributed by atoms with Crippen LogP contribution in [0.3, 0.4) is 0 Å². The molecule has 0 saturated carbocycles. The molecule has 0 aliphatic rings. The molecule has 3 aromatic carbocycles. The van der Waals surface area contributed by atoms with Gasteiger partial charge in [0.15, 0.2) is 0 Å². The summed E-state index contributed by atoms with van der Waals surface area (Å²) in [4.78, 5) is 37.3. The molecule has 0 bridgehead atoms. The van der Waals surface area contributed by atoms with Crippen molar-refractivity contribution < 1.29 is 22.7 Å². The number of methoxy groups -OCH3 is 2. The molecule has 0 spiro atoms. The largest absolute Gasteiger partial charge is 0.497 e. The summed E-state index contributed by atoms with van der Waals surface area (Å²) in [6.45, 7) is -0.489. The van der Waals surface area contributed by atoms with Gasteiger partial charge in [-0.3, -0.25) is 24.2 Å². The van der Waals surface area contributed by atoms with Gasteiger partial charge in [0.2, 0.25) is 5.91 Å². The number of ether oxygens (including phenoxy) is 2. The van der Waals surface area contributed by atoms with E-state index in [2.05, 4.69) is 15.1 Å². The van der Waals surface area contributed by atoms with Crippen LogP contribution in [0.2, 0.25) is 0 Å². The lowest BCUT2D eigenvalue weighted by Gasteiger charge is -2.14. The number of nitrogens with zero attached hydrogens (tertiary/aromatic N) is 1. The average Bonchev–Trinajstić information content (AvgIpc) is 2.87. The lowest BCUT2D eigenvalue weighted by Crippen LogP contribution is -2.34. The van der Waals surface area contributed by atoms with Gasteiger partial charge in [-0.15, -0.1) is 0 Å². The van der Waals surface area contributed by atoms with Crippen LogP contribution in [0.5, 0.6) is 11.5 Å². The number of rotatable bonds is 8. The van der Waals surface area contributed by atoms with E-state index in [0.29, 0.717) is 11.4 Å². The van der Waals surface area contributed by atoms with Gasteiger partial charge in [-0.05, 0) is 54.6 Å². The van der Waals surface area contributed by atoms with Crippen LogP contribution < -0.4 is 30.6 Å². The molecule has 4 rings (SSSR count). The first kappa shape index (κ1) is 24.5. The second-order valence-electron chi connectivity index (χ2n) is 7.63. The summed E-state index contributed by atoms with van der Waals surface area (Å²) in [6, 6.07) is 16.6. The molecular formula is C24H22N4O7S. The normalized spacial score (nSPS) is 11.2. The van der Waals surface area contributed by atoms with Gasteiger partial charge in [0.1, 0.15) is 22.9 Å². The maximum Gasteiger partial charge on any atom is 0.273 e. The highest BCUT2D eigenvalue weighted by molar-refractivity contribution is 7.92. The van der Waals surface area contributed by atoms with E-state index >= 15 is 0 Å². The van der Waals surface area contributed by atoms with Crippen molar-refractivity contribution in [2.24, 2.45) is 0 Å². The number of fused-ring (bicyclic) bond motifs is 1. The van der Waals surface area contributed by atoms with Gasteiger partial charge >= 0.3 is 0 Å². The number of H-pyrrole nitrogens is 1. The molecule has 186 valence electrons. The van der Waals surface area contributed by atoms with Gasteiger partial charge in [0, 0.05) is 11.4 Å². The SMILES string of the molecule is COc1ccc(NS(=O)(=O)c2cc(NC(=O)Cn3[nH]c(=O)c4ccccc4c3=O)ccc2OC)cc1. The molecule has 0 aliphatic heterocycles. The molecule has 12 heteroatoms. The van der Waals surface area contributed by atoms with E-state index < -0.39 is 33.6 Å². The van der Waals surface area contributed by atoms with Gasteiger partial charge < -0.3 is 14.8 Å². The van der Waals surface area contributed by atoms with Gasteiger partial charge in [-0.1, -0.05) is 12.1 Å². The third kappa shape index (κ3) is 5.08. The first-order valence-corrected chi connectivity index (χ1v) is 12.1. The summed E-state index contributed by atoms with van der Waals surface area (Å²) in [5.74, 6) is -0.0316. The van der Waals surface area contributed by atoms with Crippen molar-refractivity contribution in [1.29, 1.82) is 0 Å². The fourth-order valence-electron chi connectivity index (χ4n) is 3.54. The second kappa shape index (κ2) is 9.96.